The van der Waals surface area contributed by atoms with Gasteiger partial charge in [-0.1, -0.05) is 133 Å². The number of benzene rings is 8. The average Bonchev–Trinajstić information content (AvgIpc) is 3.81. The Kier molecular flexibility index (Phi) is 7.23. The van der Waals surface area contributed by atoms with Crippen molar-refractivity contribution in [3.63, 3.8) is 0 Å². The third kappa shape index (κ3) is 5.20. The van der Waals surface area contributed by atoms with Crippen LogP contribution in [-0.4, -0.2) is 4.98 Å². The van der Waals surface area contributed by atoms with Crippen LogP contribution >= 0.6 is 22.7 Å². The van der Waals surface area contributed by atoms with Gasteiger partial charge < -0.3 is 4.90 Å². The van der Waals surface area contributed by atoms with E-state index in [1.807, 2.05) is 11.3 Å². The molecule has 2 aromatic heterocycles. The maximum atomic E-state index is 5.08. The van der Waals surface area contributed by atoms with Crippen molar-refractivity contribution in [2.24, 2.45) is 0 Å². The van der Waals surface area contributed by atoms with Crippen LogP contribution in [0.3, 0.4) is 0 Å². The molecule has 51 heavy (non-hydrogen) atoms. The van der Waals surface area contributed by atoms with Gasteiger partial charge in [0.05, 0.1) is 15.9 Å². The molecule has 0 aliphatic heterocycles. The van der Waals surface area contributed by atoms with Gasteiger partial charge in [0.1, 0.15) is 5.01 Å². The lowest BCUT2D eigenvalue weighted by Gasteiger charge is -2.28. The number of anilines is 3. The summed E-state index contributed by atoms with van der Waals surface area (Å²) in [5.41, 5.74) is 10.4. The topological polar surface area (TPSA) is 16.1 Å². The van der Waals surface area contributed by atoms with E-state index >= 15 is 0 Å². The third-order valence-electron chi connectivity index (χ3n) is 9.71. The maximum Gasteiger partial charge on any atom is 0.124 e. The second-order valence-electron chi connectivity index (χ2n) is 12.7. The highest BCUT2D eigenvalue weighted by molar-refractivity contribution is 7.28. The molecule has 0 N–H and O–H groups in total. The van der Waals surface area contributed by atoms with Gasteiger partial charge in [0.25, 0.3) is 0 Å². The first-order valence-corrected chi connectivity index (χ1v) is 18.8. The van der Waals surface area contributed by atoms with Crippen LogP contribution in [0, 0.1) is 0 Å². The largest absolute Gasteiger partial charge is 0.310 e. The first kappa shape index (κ1) is 29.8. The van der Waals surface area contributed by atoms with Gasteiger partial charge in [-0.15, -0.1) is 22.7 Å². The summed E-state index contributed by atoms with van der Waals surface area (Å²) >= 11 is 3.64. The van der Waals surface area contributed by atoms with Crippen LogP contribution in [0.4, 0.5) is 17.1 Å². The summed E-state index contributed by atoms with van der Waals surface area (Å²) in [7, 11) is 0. The van der Waals surface area contributed by atoms with E-state index in [1.54, 1.807) is 11.3 Å². The van der Waals surface area contributed by atoms with Gasteiger partial charge in [-0.3, -0.25) is 0 Å². The van der Waals surface area contributed by atoms with Crippen LogP contribution in [0.2, 0.25) is 0 Å². The highest BCUT2D eigenvalue weighted by Crippen LogP contribution is 2.46. The molecule has 2 heterocycles. The lowest BCUT2D eigenvalue weighted by Crippen LogP contribution is -2.11. The highest BCUT2D eigenvalue weighted by atomic mass is 32.1. The van der Waals surface area contributed by atoms with E-state index in [2.05, 4.69) is 187 Å². The van der Waals surface area contributed by atoms with E-state index < -0.39 is 0 Å². The number of hydrogen-bond donors (Lipinski definition) is 0. The Morgan fingerprint density at radius 2 is 1.08 bits per heavy atom. The van der Waals surface area contributed by atoms with Gasteiger partial charge in [0.15, 0.2) is 0 Å². The Labute approximate surface area is 304 Å². The zero-order chi connectivity index (χ0) is 33.7. The van der Waals surface area contributed by atoms with Gasteiger partial charge in [-0.2, -0.15) is 0 Å². The van der Waals surface area contributed by atoms with Crippen LogP contribution in [0.1, 0.15) is 0 Å². The Bertz CT molecular complexity index is 2850. The standard InChI is InChI=1S/C47H30N2S2/c1-3-12-32(13-4-1)39-19-9-10-21-42(39)49(35-24-22-33(23-25-35)38-20-11-17-31-14-7-8-18-37(31)38)36-26-28-43-40(30-36)45-44(50-43)29-27-41-46(45)51-47(48-41)34-15-5-2-6-16-34/h1-30H. The van der Waals surface area contributed by atoms with Crippen LogP contribution < -0.4 is 4.90 Å². The van der Waals surface area contributed by atoms with Crippen molar-refractivity contribution in [2.75, 3.05) is 4.90 Å². The molecule has 10 rings (SSSR count). The molecule has 0 atom stereocenters. The monoisotopic (exact) mass is 686 g/mol. The fourth-order valence-corrected chi connectivity index (χ4v) is 9.59. The zero-order valence-corrected chi connectivity index (χ0v) is 29.2. The van der Waals surface area contributed by atoms with Gasteiger partial charge in [-0.25, -0.2) is 4.98 Å². The third-order valence-corrected chi connectivity index (χ3v) is 12.0. The van der Waals surface area contributed by atoms with Crippen molar-refractivity contribution >= 4 is 80.9 Å². The van der Waals surface area contributed by atoms with Crippen LogP contribution in [0.5, 0.6) is 0 Å². The van der Waals surface area contributed by atoms with Crippen molar-refractivity contribution in [3.05, 3.63) is 182 Å². The van der Waals surface area contributed by atoms with Gasteiger partial charge >= 0.3 is 0 Å². The molecule has 240 valence electrons. The minimum Gasteiger partial charge on any atom is -0.310 e. The fraction of sp³-hybridized carbons (Fsp3) is 0. The lowest BCUT2D eigenvalue weighted by atomic mass is 9.97. The molecule has 10 aromatic rings. The van der Waals surface area contributed by atoms with E-state index in [4.69, 9.17) is 4.98 Å². The molecule has 0 unspecified atom stereocenters. The second kappa shape index (κ2) is 12.4. The van der Waals surface area contributed by atoms with Gasteiger partial charge in [0, 0.05) is 42.7 Å². The van der Waals surface area contributed by atoms with Gasteiger partial charge in [0.2, 0.25) is 0 Å². The van der Waals surface area contributed by atoms with Gasteiger partial charge in [-0.05, 0) is 76.0 Å². The molecule has 2 nitrogen and oxygen atoms in total. The van der Waals surface area contributed by atoms with Crippen molar-refractivity contribution < 1.29 is 0 Å². The Balaban J connectivity index is 1.17. The minimum absolute atomic E-state index is 1.05. The second-order valence-corrected chi connectivity index (χ2v) is 14.8. The Hall–Kier alpha value is -6.07. The predicted octanol–water partition coefficient (Wildman–Crippen LogP) is 14.3. The molecule has 0 saturated carbocycles. The number of thiazole rings is 1. The van der Waals surface area contributed by atoms with E-state index in [9.17, 15) is 0 Å². The number of nitrogens with zero attached hydrogens (tertiary/aromatic N) is 2. The normalized spacial score (nSPS) is 11.5. The molecule has 0 aliphatic carbocycles. The van der Waals surface area contributed by atoms with Crippen LogP contribution in [0.25, 0.3) is 74.0 Å². The number of hydrogen-bond acceptors (Lipinski definition) is 4. The molecule has 0 spiro atoms. The highest BCUT2D eigenvalue weighted by Gasteiger charge is 2.20. The van der Waals surface area contributed by atoms with E-state index in [-0.39, 0.29) is 0 Å². The summed E-state index contributed by atoms with van der Waals surface area (Å²) in [6.07, 6.45) is 0. The van der Waals surface area contributed by atoms with Crippen molar-refractivity contribution in [1.82, 2.24) is 4.98 Å². The fourth-order valence-electron chi connectivity index (χ4n) is 7.30. The number of para-hydroxylation sites is 1. The smallest absolute Gasteiger partial charge is 0.124 e. The number of rotatable bonds is 6. The lowest BCUT2D eigenvalue weighted by molar-refractivity contribution is 1.29. The number of thiophene rings is 1. The summed E-state index contributed by atoms with van der Waals surface area (Å²) in [6, 6.07) is 65.6. The van der Waals surface area contributed by atoms with Crippen LogP contribution in [-0.2, 0) is 0 Å². The van der Waals surface area contributed by atoms with E-state index in [1.165, 1.54) is 57.9 Å². The SMILES string of the molecule is c1ccc(-c2nc3ccc4sc5ccc(N(c6ccc(-c7cccc8ccccc78)cc6)c6ccccc6-c6ccccc6)cc5c4c3s2)cc1. The summed E-state index contributed by atoms with van der Waals surface area (Å²) in [6.45, 7) is 0. The molecule has 0 fully saturated rings. The summed E-state index contributed by atoms with van der Waals surface area (Å²) in [5, 5.41) is 6.12. The molecule has 4 heteroatoms. The van der Waals surface area contributed by atoms with Crippen LogP contribution in [0.15, 0.2) is 182 Å². The minimum atomic E-state index is 1.05. The summed E-state index contributed by atoms with van der Waals surface area (Å²) < 4.78 is 3.80. The predicted molar refractivity (Wildman–Crippen MR) is 221 cm³/mol. The van der Waals surface area contributed by atoms with Crippen molar-refractivity contribution in [3.8, 4) is 32.8 Å². The summed E-state index contributed by atoms with van der Waals surface area (Å²) in [5.74, 6) is 0. The molecule has 0 amide bonds. The first-order valence-electron chi connectivity index (χ1n) is 17.1. The molecule has 0 aliphatic rings. The van der Waals surface area contributed by atoms with Crippen molar-refractivity contribution in [2.45, 2.75) is 0 Å². The zero-order valence-electron chi connectivity index (χ0n) is 27.5. The molecule has 0 saturated heterocycles. The van der Waals surface area contributed by atoms with Crippen molar-refractivity contribution in [1.29, 1.82) is 0 Å². The molecule has 0 bridgehead atoms. The quantitative estimate of drug-likeness (QED) is 0.173. The Morgan fingerprint density at radius 1 is 0.431 bits per heavy atom. The molecule has 0 radical (unpaired) electrons. The maximum absolute atomic E-state index is 5.08. The molecular weight excluding hydrogens is 657 g/mol. The average molecular weight is 687 g/mol. The first-order chi connectivity index (χ1) is 25.3. The number of aromatic nitrogens is 1. The van der Waals surface area contributed by atoms with E-state index in [0.29, 0.717) is 0 Å². The molecular formula is C47H30N2S2. The summed E-state index contributed by atoms with van der Waals surface area (Å²) in [4.78, 5) is 7.50. The van der Waals surface area contributed by atoms with E-state index in [0.717, 1.165) is 33.1 Å². The Morgan fingerprint density at radius 3 is 1.92 bits per heavy atom. The molecule has 8 aromatic carbocycles. The number of fused-ring (bicyclic) bond motifs is 6.